The number of imide groups is 1. The number of carboxylic acid groups (broad SMARTS) is 1. The molecule has 0 aromatic heterocycles. The van der Waals surface area contributed by atoms with Crippen LogP contribution in [0.5, 0.6) is 0 Å². The lowest BCUT2D eigenvalue weighted by Gasteiger charge is -2.22. The summed E-state index contributed by atoms with van der Waals surface area (Å²) in [5, 5.41) is 9.30. The normalized spacial score (nSPS) is 21.0. The third kappa shape index (κ3) is 2.37. The average Bonchev–Trinajstić information content (AvgIpc) is 2.99. The number of carboxylic acids is 1. The quantitative estimate of drug-likeness (QED) is 0.830. The maximum absolute atomic E-state index is 11.6. The fourth-order valence-electron chi connectivity index (χ4n) is 3.00. The highest BCUT2D eigenvalue weighted by molar-refractivity contribution is 6.01. The van der Waals surface area contributed by atoms with Crippen LogP contribution in [0.4, 0.5) is 5.69 Å². The molecule has 3 rings (SSSR count). The SMILES string of the molecule is O=C(O)C1CN(CCN2C(=O)CCC2=O)c2ccccc21. The van der Waals surface area contributed by atoms with Gasteiger partial charge in [-0.1, -0.05) is 18.2 Å². The number of likely N-dealkylation sites (tertiary alicyclic amines) is 1. The molecule has 1 aromatic rings. The minimum absolute atomic E-state index is 0.137. The van der Waals surface area contributed by atoms with Crippen LogP contribution in [0.25, 0.3) is 0 Å². The molecule has 0 aliphatic carbocycles. The van der Waals surface area contributed by atoms with Crippen LogP contribution in [0.2, 0.25) is 0 Å². The fraction of sp³-hybridized carbons (Fsp3) is 0.400. The van der Waals surface area contributed by atoms with Crippen molar-refractivity contribution in [2.24, 2.45) is 0 Å². The number of fused-ring (bicyclic) bond motifs is 1. The first-order valence-electron chi connectivity index (χ1n) is 6.98. The van der Waals surface area contributed by atoms with Crippen LogP contribution in [0.1, 0.15) is 24.3 Å². The van der Waals surface area contributed by atoms with E-state index in [1.807, 2.05) is 29.2 Å². The first-order chi connectivity index (χ1) is 10.1. The second kappa shape index (κ2) is 5.20. The highest BCUT2D eigenvalue weighted by atomic mass is 16.4. The standard InChI is InChI=1S/C15H16N2O4/c18-13-5-6-14(19)17(13)8-7-16-9-11(15(20)21)10-3-1-2-4-12(10)16/h1-4,11H,5-9H2,(H,20,21). The minimum atomic E-state index is -0.849. The van der Waals surface area contributed by atoms with Gasteiger partial charge in [0.25, 0.3) is 0 Å². The number of nitrogens with zero attached hydrogens (tertiary/aromatic N) is 2. The molecule has 0 bridgehead atoms. The molecule has 1 aromatic carbocycles. The average molecular weight is 288 g/mol. The van der Waals surface area contributed by atoms with Crippen molar-refractivity contribution in [1.29, 1.82) is 0 Å². The Morgan fingerprint density at radius 2 is 1.81 bits per heavy atom. The van der Waals surface area contributed by atoms with E-state index >= 15 is 0 Å². The van der Waals surface area contributed by atoms with Gasteiger partial charge in [-0.05, 0) is 11.6 Å². The number of amides is 2. The van der Waals surface area contributed by atoms with Crippen LogP contribution >= 0.6 is 0 Å². The van der Waals surface area contributed by atoms with Crippen molar-refractivity contribution in [2.75, 3.05) is 24.5 Å². The number of rotatable bonds is 4. The number of aliphatic carboxylic acids is 1. The molecule has 2 aliphatic rings. The van der Waals surface area contributed by atoms with Crippen LogP contribution in [-0.4, -0.2) is 47.4 Å². The van der Waals surface area contributed by atoms with E-state index in [-0.39, 0.29) is 24.7 Å². The van der Waals surface area contributed by atoms with Crippen molar-refractivity contribution < 1.29 is 19.5 Å². The highest BCUT2D eigenvalue weighted by Crippen LogP contribution is 2.36. The molecule has 1 fully saturated rings. The Morgan fingerprint density at radius 3 is 2.48 bits per heavy atom. The molecule has 21 heavy (non-hydrogen) atoms. The van der Waals surface area contributed by atoms with Crippen LogP contribution in [-0.2, 0) is 14.4 Å². The summed E-state index contributed by atoms with van der Waals surface area (Å²) in [5.74, 6) is -1.67. The molecule has 110 valence electrons. The summed E-state index contributed by atoms with van der Waals surface area (Å²) in [7, 11) is 0. The van der Waals surface area contributed by atoms with E-state index in [0.717, 1.165) is 11.3 Å². The lowest BCUT2D eigenvalue weighted by atomic mass is 10.0. The Morgan fingerprint density at radius 1 is 1.14 bits per heavy atom. The topological polar surface area (TPSA) is 77.9 Å². The van der Waals surface area contributed by atoms with Gasteiger partial charge in [0.05, 0.1) is 0 Å². The number of benzene rings is 1. The van der Waals surface area contributed by atoms with Crippen molar-refractivity contribution in [3.05, 3.63) is 29.8 Å². The van der Waals surface area contributed by atoms with Gasteiger partial charge in [0.1, 0.15) is 5.92 Å². The molecule has 6 nitrogen and oxygen atoms in total. The van der Waals surface area contributed by atoms with E-state index in [1.165, 1.54) is 4.90 Å². The van der Waals surface area contributed by atoms with Gasteiger partial charge >= 0.3 is 5.97 Å². The van der Waals surface area contributed by atoms with Gasteiger partial charge in [0.15, 0.2) is 0 Å². The minimum Gasteiger partial charge on any atom is -0.481 e. The zero-order valence-electron chi connectivity index (χ0n) is 11.5. The molecular formula is C15H16N2O4. The number of hydrogen-bond donors (Lipinski definition) is 1. The maximum Gasteiger partial charge on any atom is 0.312 e. The number of carbonyl (C=O) groups is 3. The van der Waals surface area contributed by atoms with Gasteiger partial charge in [0, 0.05) is 38.2 Å². The predicted molar refractivity (Wildman–Crippen MR) is 75.0 cm³/mol. The van der Waals surface area contributed by atoms with Crippen LogP contribution < -0.4 is 4.90 Å². The van der Waals surface area contributed by atoms with Gasteiger partial charge in [-0.25, -0.2) is 0 Å². The smallest absolute Gasteiger partial charge is 0.312 e. The number of hydrogen-bond acceptors (Lipinski definition) is 4. The Balaban J connectivity index is 1.74. The second-order valence-corrected chi connectivity index (χ2v) is 5.33. The zero-order valence-corrected chi connectivity index (χ0v) is 11.5. The van der Waals surface area contributed by atoms with E-state index in [9.17, 15) is 19.5 Å². The van der Waals surface area contributed by atoms with Crippen molar-refractivity contribution in [3.8, 4) is 0 Å². The molecule has 1 unspecified atom stereocenters. The van der Waals surface area contributed by atoms with Crippen molar-refractivity contribution in [1.82, 2.24) is 4.90 Å². The summed E-state index contributed by atoms with van der Waals surface area (Å²) in [6.45, 7) is 1.17. The van der Waals surface area contributed by atoms with Crippen molar-refractivity contribution >= 4 is 23.5 Å². The van der Waals surface area contributed by atoms with Crippen molar-refractivity contribution in [2.45, 2.75) is 18.8 Å². The van der Waals surface area contributed by atoms with Gasteiger partial charge < -0.3 is 10.0 Å². The molecule has 0 spiro atoms. The summed E-state index contributed by atoms with van der Waals surface area (Å²) < 4.78 is 0. The van der Waals surface area contributed by atoms with E-state index < -0.39 is 11.9 Å². The van der Waals surface area contributed by atoms with Gasteiger partial charge in [-0.3, -0.25) is 19.3 Å². The molecule has 2 amide bonds. The lowest BCUT2D eigenvalue weighted by Crippen LogP contribution is -2.38. The number of para-hydroxylation sites is 1. The van der Waals surface area contributed by atoms with E-state index in [2.05, 4.69) is 0 Å². The molecule has 1 saturated heterocycles. The molecule has 6 heteroatoms. The van der Waals surface area contributed by atoms with Crippen molar-refractivity contribution in [3.63, 3.8) is 0 Å². The van der Waals surface area contributed by atoms with Crippen LogP contribution in [0.15, 0.2) is 24.3 Å². The van der Waals surface area contributed by atoms with Gasteiger partial charge in [-0.15, -0.1) is 0 Å². The molecule has 1 atom stereocenters. The molecule has 1 N–H and O–H groups in total. The van der Waals surface area contributed by atoms with E-state index in [0.29, 0.717) is 19.6 Å². The summed E-state index contributed by atoms with van der Waals surface area (Å²) >= 11 is 0. The Bertz CT molecular complexity index is 597. The third-order valence-electron chi connectivity index (χ3n) is 4.10. The Hall–Kier alpha value is -2.37. The second-order valence-electron chi connectivity index (χ2n) is 5.33. The highest BCUT2D eigenvalue weighted by Gasteiger charge is 2.34. The predicted octanol–water partition coefficient (Wildman–Crippen LogP) is 0.824. The maximum atomic E-state index is 11.6. The first kappa shape index (κ1) is 13.6. The van der Waals surface area contributed by atoms with Gasteiger partial charge in [0.2, 0.25) is 11.8 Å². The summed E-state index contributed by atoms with van der Waals surface area (Å²) in [6, 6.07) is 7.39. The largest absolute Gasteiger partial charge is 0.481 e. The summed E-state index contributed by atoms with van der Waals surface area (Å²) in [6.07, 6.45) is 0.570. The molecule has 0 saturated carbocycles. The fourth-order valence-corrected chi connectivity index (χ4v) is 3.00. The summed E-state index contributed by atoms with van der Waals surface area (Å²) in [5.41, 5.74) is 1.67. The monoisotopic (exact) mass is 288 g/mol. The Labute approximate surface area is 122 Å². The van der Waals surface area contributed by atoms with Crippen LogP contribution in [0.3, 0.4) is 0 Å². The Kier molecular flexibility index (Phi) is 3.37. The first-order valence-corrected chi connectivity index (χ1v) is 6.98. The zero-order chi connectivity index (χ0) is 15.0. The van der Waals surface area contributed by atoms with Crippen LogP contribution in [0, 0.1) is 0 Å². The third-order valence-corrected chi connectivity index (χ3v) is 4.10. The molecule has 2 heterocycles. The molecule has 0 radical (unpaired) electrons. The van der Waals surface area contributed by atoms with E-state index in [1.54, 1.807) is 0 Å². The summed E-state index contributed by atoms with van der Waals surface area (Å²) in [4.78, 5) is 37.7. The number of anilines is 1. The van der Waals surface area contributed by atoms with E-state index in [4.69, 9.17) is 0 Å². The van der Waals surface area contributed by atoms with Gasteiger partial charge in [-0.2, -0.15) is 0 Å². The number of carbonyl (C=O) groups excluding carboxylic acids is 2. The molecular weight excluding hydrogens is 272 g/mol. The lowest BCUT2D eigenvalue weighted by molar-refractivity contribution is -0.139. The molecule has 2 aliphatic heterocycles.